The summed E-state index contributed by atoms with van der Waals surface area (Å²) in [6.07, 6.45) is 4.63. The minimum atomic E-state index is -0.0248. The van der Waals surface area contributed by atoms with Gasteiger partial charge in [-0.05, 0) is 39.1 Å². The number of pyridine rings is 1. The highest BCUT2D eigenvalue weighted by Crippen LogP contribution is 2.29. The number of hydrogen-bond acceptors (Lipinski definition) is 3. The second kappa shape index (κ2) is 4.73. The van der Waals surface area contributed by atoms with Crippen molar-refractivity contribution in [2.75, 3.05) is 14.1 Å². The van der Waals surface area contributed by atoms with Gasteiger partial charge >= 0.3 is 0 Å². The molecular formula is C12H21N3. The van der Waals surface area contributed by atoms with E-state index in [1.165, 1.54) is 0 Å². The Morgan fingerprint density at radius 3 is 2.60 bits per heavy atom. The smallest absolute Gasteiger partial charge is 0.0494 e. The van der Waals surface area contributed by atoms with Crippen LogP contribution in [-0.2, 0) is 0 Å². The molecule has 0 saturated heterocycles. The maximum atomic E-state index is 6.30. The minimum Gasteiger partial charge on any atom is -0.322 e. The maximum Gasteiger partial charge on any atom is 0.0494 e. The lowest BCUT2D eigenvalue weighted by Crippen LogP contribution is -2.49. The van der Waals surface area contributed by atoms with E-state index in [1.807, 2.05) is 18.3 Å². The SMILES string of the molecule is CCC(C)(C(N)c1cccnc1)N(C)C. The van der Waals surface area contributed by atoms with Crippen LogP contribution in [-0.4, -0.2) is 29.5 Å². The number of hydrogen-bond donors (Lipinski definition) is 1. The number of aromatic nitrogens is 1. The summed E-state index contributed by atoms with van der Waals surface area (Å²) in [6, 6.07) is 3.96. The van der Waals surface area contributed by atoms with Crippen molar-refractivity contribution in [1.82, 2.24) is 9.88 Å². The Kier molecular flexibility index (Phi) is 3.83. The predicted molar refractivity (Wildman–Crippen MR) is 63.5 cm³/mol. The average Bonchev–Trinajstić information content (AvgIpc) is 2.28. The molecule has 3 heteroatoms. The zero-order valence-electron chi connectivity index (χ0n) is 10.1. The molecule has 2 atom stereocenters. The van der Waals surface area contributed by atoms with Crippen LogP contribution in [0.2, 0.25) is 0 Å². The monoisotopic (exact) mass is 207 g/mol. The van der Waals surface area contributed by atoms with Gasteiger partial charge in [-0.25, -0.2) is 0 Å². The first-order chi connectivity index (χ1) is 7.02. The van der Waals surface area contributed by atoms with E-state index in [4.69, 9.17) is 5.73 Å². The highest BCUT2D eigenvalue weighted by molar-refractivity contribution is 5.18. The van der Waals surface area contributed by atoms with Gasteiger partial charge in [0.05, 0.1) is 0 Å². The first-order valence-electron chi connectivity index (χ1n) is 5.35. The second-order valence-corrected chi connectivity index (χ2v) is 4.37. The molecule has 0 amide bonds. The minimum absolute atomic E-state index is 0.00815. The molecule has 0 spiro atoms. The van der Waals surface area contributed by atoms with Crippen molar-refractivity contribution in [1.29, 1.82) is 0 Å². The Morgan fingerprint density at radius 2 is 2.20 bits per heavy atom. The van der Waals surface area contributed by atoms with Gasteiger partial charge in [-0.3, -0.25) is 4.98 Å². The van der Waals surface area contributed by atoms with Crippen molar-refractivity contribution >= 4 is 0 Å². The molecule has 0 fully saturated rings. The van der Waals surface area contributed by atoms with Crippen LogP contribution in [0.3, 0.4) is 0 Å². The van der Waals surface area contributed by atoms with Crippen molar-refractivity contribution in [3.8, 4) is 0 Å². The lowest BCUT2D eigenvalue weighted by atomic mass is 9.85. The fourth-order valence-corrected chi connectivity index (χ4v) is 1.73. The van der Waals surface area contributed by atoms with Gasteiger partial charge in [0.2, 0.25) is 0 Å². The first kappa shape index (κ1) is 12.1. The molecule has 0 saturated carbocycles. The highest BCUT2D eigenvalue weighted by atomic mass is 15.2. The van der Waals surface area contributed by atoms with Gasteiger partial charge in [0.15, 0.2) is 0 Å². The first-order valence-corrected chi connectivity index (χ1v) is 5.35. The molecule has 84 valence electrons. The summed E-state index contributed by atoms with van der Waals surface area (Å²) in [7, 11) is 4.14. The van der Waals surface area contributed by atoms with Crippen LogP contribution in [0.1, 0.15) is 31.9 Å². The van der Waals surface area contributed by atoms with Crippen LogP contribution < -0.4 is 5.73 Å². The normalized spacial score (nSPS) is 17.5. The molecule has 0 aliphatic rings. The molecule has 1 heterocycles. The fraction of sp³-hybridized carbons (Fsp3) is 0.583. The summed E-state index contributed by atoms with van der Waals surface area (Å²) in [5.41, 5.74) is 7.37. The zero-order valence-corrected chi connectivity index (χ0v) is 10.1. The number of rotatable bonds is 4. The van der Waals surface area contributed by atoms with E-state index < -0.39 is 0 Å². The average molecular weight is 207 g/mol. The molecule has 0 radical (unpaired) electrons. The van der Waals surface area contributed by atoms with Crippen LogP contribution in [0, 0.1) is 0 Å². The van der Waals surface area contributed by atoms with Gasteiger partial charge in [-0.1, -0.05) is 13.0 Å². The third-order valence-electron chi connectivity index (χ3n) is 3.45. The van der Waals surface area contributed by atoms with Crippen LogP contribution in [0.15, 0.2) is 24.5 Å². The molecule has 0 bridgehead atoms. The summed E-state index contributed by atoms with van der Waals surface area (Å²) in [4.78, 5) is 6.30. The molecule has 0 aliphatic heterocycles. The molecule has 1 rings (SSSR count). The van der Waals surface area contributed by atoms with E-state index in [0.717, 1.165) is 12.0 Å². The molecule has 0 aliphatic carbocycles. The summed E-state index contributed by atoms with van der Waals surface area (Å²) < 4.78 is 0. The molecule has 2 unspecified atom stereocenters. The molecule has 1 aromatic heterocycles. The Bertz CT molecular complexity index is 297. The van der Waals surface area contributed by atoms with Crippen molar-refractivity contribution in [3.05, 3.63) is 30.1 Å². The summed E-state index contributed by atoms with van der Waals surface area (Å²) in [5.74, 6) is 0. The van der Waals surface area contributed by atoms with Crippen molar-refractivity contribution < 1.29 is 0 Å². The molecule has 0 aromatic carbocycles. The lowest BCUT2D eigenvalue weighted by Gasteiger charge is -2.40. The standard InChI is InChI=1S/C12H21N3/c1-5-12(2,15(3)4)11(13)10-7-6-8-14-9-10/h6-9,11H,5,13H2,1-4H3. The zero-order chi connectivity index (χ0) is 11.5. The number of likely N-dealkylation sites (N-methyl/N-ethyl adjacent to an activating group) is 1. The quantitative estimate of drug-likeness (QED) is 0.818. The fourth-order valence-electron chi connectivity index (χ4n) is 1.73. The van der Waals surface area contributed by atoms with E-state index in [9.17, 15) is 0 Å². The van der Waals surface area contributed by atoms with E-state index >= 15 is 0 Å². The van der Waals surface area contributed by atoms with Crippen LogP contribution in [0.5, 0.6) is 0 Å². The third kappa shape index (κ3) is 2.36. The second-order valence-electron chi connectivity index (χ2n) is 4.37. The third-order valence-corrected chi connectivity index (χ3v) is 3.45. The van der Waals surface area contributed by atoms with Crippen LogP contribution >= 0.6 is 0 Å². The van der Waals surface area contributed by atoms with Gasteiger partial charge in [-0.2, -0.15) is 0 Å². The van der Waals surface area contributed by atoms with Gasteiger partial charge in [0.1, 0.15) is 0 Å². The van der Waals surface area contributed by atoms with E-state index in [-0.39, 0.29) is 11.6 Å². The summed E-state index contributed by atoms with van der Waals surface area (Å²) in [6.45, 7) is 4.35. The van der Waals surface area contributed by atoms with Crippen molar-refractivity contribution in [2.45, 2.75) is 31.8 Å². The lowest BCUT2D eigenvalue weighted by molar-refractivity contribution is 0.132. The Balaban J connectivity index is 2.97. The van der Waals surface area contributed by atoms with Gasteiger partial charge in [-0.15, -0.1) is 0 Å². The number of nitrogens with two attached hydrogens (primary N) is 1. The molecule has 1 aromatic rings. The molecular weight excluding hydrogens is 186 g/mol. The molecule has 15 heavy (non-hydrogen) atoms. The van der Waals surface area contributed by atoms with E-state index in [2.05, 4.69) is 37.8 Å². The maximum absolute atomic E-state index is 6.30. The number of nitrogens with zero attached hydrogens (tertiary/aromatic N) is 2. The molecule has 3 nitrogen and oxygen atoms in total. The van der Waals surface area contributed by atoms with Crippen LogP contribution in [0.4, 0.5) is 0 Å². The Morgan fingerprint density at radius 1 is 1.53 bits per heavy atom. The topological polar surface area (TPSA) is 42.1 Å². The predicted octanol–water partition coefficient (Wildman–Crippen LogP) is 1.81. The summed E-state index contributed by atoms with van der Waals surface area (Å²) >= 11 is 0. The Labute approximate surface area is 92.3 Å². The van der Waals surface area contributed by atoms with Gasteiger partial charge < -0.3 is 10.6 Å². The highest BCUT2D eigenvalue weighted by Gasteiger charge is 2.33. The van der Waals surface area contributed by atoms with Gasteiger partial charge in [0.25, 0.3) is 0 Å². The summed E-state index contributed by atoms with van der Waals surface area (Å²) in [5, 5.41) is 0. The van der Waals surface area contributed by atoms with Crippen LogP contribution in [0.25, 0.3) is 0 Å². The van der Waals surface area contributed by atoms with Gasteiger partial charge in [0, 0.05) is 24.0 Å². The van der Waals surface area contributed by atoms with Crippen molar-refractivity contribution in [3.63, 3.8) is 0 Å². The van der Waals surface area contributed by atoms with E-state index in [1.54, 1.807) is 6.20 Å². The molecule has 2 N–H and O–H groups in total. The van der Waals surface area contributed by atoms with Crippen molar-refractivity contribution in [2.24, 2.45) is 5.73 Å². The van der Waals surface area contributed by atoms with E-state index in [0.29, 0.717) is 0 Å². The largest absolute Gasteiger partial charge is 0.322 e. The Hall–Kier alpha value is -0.930.